The molecule has 0 amide bonds. The number of aromatic nitrogens is 2. The Morgan fingerprint density at radius 3 is 2.71 bits per heavy atom. The standard InChI is InChI=1S/C15H13N3O2S/c1-9-5-11(7-16)6-10(2)13(9)20-14-12(8-19)18-3-4-21-15(18)17-14/h3-6,19H,8H2,1-2H3. The summed E-state index contributed by atoms with van der Waals surface area (Å²) in [6.45, 7) is 3.63. The normalized spacial score (nSPS) is 10.8. The lowest BCUT2D eigenvalue weighted by Crippen LogP contribution is -1.97. The van der Waals surface area contributed by atoms with Gasteiger partial charge in [0.25, 0.3) is 0 Å². The predicted octanol–water partition coefficient (Wildman–Crippen LogP) is 3.17. The topological polar surface area (TPSA) is 70.5 Å². The van der Waals surface area contributed by atoms with Crippen LogP contribution in [0.2, 0.25) is 0 Å². The van der Waals surface area contributed by atoms with Gasteiger partial charge in [-0.2, -0.15) is 10.2 Å². The van der Waals surface area contributed by atoms with Gasteiger partial charge in [0.2, 0.25) is 5.88 Å². The van der Waals surface area contributed by atoms with Crippen LogP contribution in [-0.2, 0) is 6.61 Å². The van der Waals surface area contributed by atoms with Gasteiger partial charge in [-0.15, -0.1) is 11.3 Å². The molecule has 21 heavy (non-hydrogen) atoms. The van der Waals surface area contributed by atoms with Crippen molar-refractivity contribution in [1.29, 1.82) is 5.26 Å². The minimum absolute atomic E-state index is 0.151. The lowest BCUT2D eigenvalue weighted by Gasteiger charge is -2.11. The van der Waals surface area contributed by atoms with Crippen LogP contribution in [0.4, 0.5) is 0 Å². The number of nitriles is 1. The van der Waals surface area contributed by atoms with Gasteiger partial charge in [0.05, 0.1) is 18.2 Å². The second-order valence-electron chi connectivity index (χ2n) is 4.73. The summed E-state index contributed by atoms with van der Waals surface area (Å²) in [6.07, 6.45) is 1.85. The second-order valence-corrected chi connectivity index (χ2v) is 5.60. The second kappa shape index (κ2) is 5.20. The molecule has 0 saturated carbocycles. The molecular weight excluding hydrogens is 286 g/mol. The average Bonchev–Trinajstić information content (AvgIpc) is 3.02. The van der Waals surface area contributed by atoms with E-state index in [0.29, 0.717) is 22.9 Å². The van der Waals surface area contributed by atoms with Crippen molar-refractivity contribution in [3.05, 3.63) is 46.1 Å². The van der Waals surface area contributed by atoms with Crippen molar-refractivity contribution in [2.45, 2.75) is 20.5 Å². The van der Waals surface area contributed by atoms with Gasteiger partial charge in [-0.3, -0.25) is 4.40 Å². The third-order valence-corrected chi connectivity index (χ3v) is 4.02. The van der Waals surface area contributed by atoms with Gasteiger partial charge in [0.1, 0.15) is 11.4 Å². The lowest BCUT2D eigenvalue weighted by molar-refractivity contribution is 0.269. The van der Waals surface area contributed by atoms with Crippen LogP contribution in [-0.4, -0.2) is 14.5 Å². The summed E-state index contributed by atoms with van der Waals surface area (Å²) in [5.41, 5.74) is 2.96. The average molecular weight is 299 g/mol. The zero-order chi connectivity index (χ0) is 15.0. The van der Waals surface area contributed by atoms with E-state index in [0.717, 1.165) is 16.1 Å². The van der Waals surface area contributed by atoms with Gasteiger partial charge in [-0.25, -0.2) is 0 Å². The number of hydrogen-bond donors (Lipinski definition) is 1. The summed E-state index contributed by atoms with van der Waals surface area (Å²) in [5.74, 6) is 1.08. The molecule has 0 fully saturated rings. The number of imidazole rings is 1. The van der Waals surface area contributed by atoms with Crippen molar-refractivity contribution in [3.63, 3.8) is 0 Å². The highest BCUT2D eigenvalue weighted by atomic mass is 32.1. The summed E-state index contributed by atoms with van der Waals surface area (Å²) in [7, 11) is 0. The Labute approximate surface area is 125 Å². The zero-order valence-corrected chi connectivity index (χ0v) is 12.4. The van der Waals surface area contributed by atoms with Gasteiger partial charge < -0.3 is 9.84 Å². The molecule has 0 aliphatic rings. The van der Waals surface area contributed by atoms with E-state index in [1.165, 1.54) is 11.3 Å². The van der Waals surface area contributed by atoms with Crippen LogP contribution in [0.1, 0.15) is 22.4 Å². The minimum Gasteiger partial charge on any atom is -0.437 e. The molecule has 106 valence electrons. The first-order valence-electron chi connectivity index (χ1n) is 6.38. The maximum atomic E-state index is 9.54. The number of rotatable bonds is 3. The molecule has 3 rings (SSSR count). The van der Waals surface area contributed by atoms with E-state index in [1.807, 2.05) is 29.8 Å². The first-order chi connectivity index (χ1) is 10.1. The van der Waals surface area contributed by atoms with Gasteiger partial charge in [-0.1, -0.05) is 0 Å². The Bertz CT molecular complexity index is 835. The summed E-state index contributed by atoms with van der Waals surface area (Å²) in [5, 5.41) is 20.4. The van der Waals surface area contributed by atoms with Crippen LogP contribution in [0, 0.1) is 25.2 Å². The fraction of sp³-hybridized carbons (Fsp3) is 0.200. The highest BCUT2D eigenvalue weighted by Crippen LogP contribution is 2.32. The molecule has 0 unspecified atom stereocenters. The number of thiazole rings is 1. The molecule has 5 nitrogen and oxygen atoms in total. The van der Waals surface area contributed by atoms with E-state index in [1.54, 1.807) is 12.1 Å². The van der Waals surface area contributed by atoms with Crippen molar-refractivity contribution in [1.82, 2.24) is 9.38 Å². The Kier molecular flexibility index (Phi) is 3.37. The third-order valence-electron chi connectivity index (χ3n) is 3.26. The maximum Gasteiger partial charge on any atom is 0.244 e. The molecule has 0 aliphatic heterocycles. The van der Waals surface area contributed by atoms with Gasteiger partial charge in [-0.05, 0) is 37.1 Å². The molecule has 2 aromatic heterocycles. The van der Waals surface area contributed by atoms with E-state index in [-0.39, 0.29) is 6.61 Å². The number of hydrogen-bond acceptors (Lipinski definition) is 5. The fourth-order valence-corrected chi connectivity index (χ4v) is 3.04. The monoisotopic (exact) mass is 299 g/mol. The Balaban J connectivity index is 2.06. The third kappa shape index (κ3) is 2.27. The minimum atomic E-state index is -0.151. The van der Waals surface area contributed by atoms with E-state index >= 15 is 0 Å². The molecule has 0 saturated heterocycles. The van der Waals surface area contributed by atoms with E-state index in [4.69, 9.17) is 10.00 Å². The highest BCUT2D eigenvalue weighted by Gasteiger charge is 2.16. The Hall–Kier alpha value is -2.36. The molecule has 6 heteroatoms. The van der Waals surface area contributed by atoms with Gasteiger partial charge in [0, 0.05) is 11.6 Å². The van der Waals surface area contributed by atoms with Crippen molar-refractivity contribution >= 4 is 16.3 Å². The van der Waals surface area contributed by atoms with Gasteiger partial charge in [0.15, 0.2) is 4.96 Å². The summed E-state index contributed by atoms with van der Waals surface area (Å²) >= 11 is 1.48. The molecule has 0 bridgehead atoms. The van der Waals surface area contributed by atoms with Crippen molar-refractivity contribution in [3.8, 4) is 17.7 Å². The largest absolute Gasteiger partial charge is 0.437 e. The van der Waals surface area contributed by atoms with Crippen molar-refractivity contribution < 1.29 is 9.84 Å². The van der Waals surface area contributed by atoms with Crippen LogP contribution in [0.5, 0.6) is 11.6 Å². The van der Waals surface area contributed by atoms with Crippen LogP contribution in [0.3, 0.4) is 0 Å². The number of aliphatic hydroxyl groups is 1. The first kappa shape index (κ1) is 13.6. The number of aliphatic hydroxyl groups excluding tert-OH is 1. The predicted molar refractivity (Wildman–Crippen MR) is 79.7 cm³/mol. The van der Waals surface area contributed by atoms with Crippen LogP contribution in [0.15, 0.2) is 23.7 Å². The molecule has 0 atom stereocenters. The molecule has 0 radical (unpaired) electrons. The number of ether oxygens (including phenoxy) is 1. The van der Waals surface area contributed by atoms with Crippen LogP contribution in [0.25, 0.3) is 4.96 Å². The van der Waals surface area contributed by atoms with E-state index in [9.17, 15) is 5.11 Å². The number of benzene rings is 1. The Morgan fingerprint density at radius 1 is 1.38 bits per heavy atom. The molecule has 1 N–H and O–H groups in total. The van der Waals surface area contributed by atoms with E-state index < -0.39 is 0 Å². The van der Waals surface area contributed by atoms with Gasteiger partial charge >= 0.3 is 0 Å². The summed E-state index contributed by atoms with van der Waals surface area (Å²) in [4.78, 5) is 5.17. The zero-order valence-electron chi connectivity index (χ0n) is 11.6. The molecule has 0 spiro atoms. The first-order valence-corrected chi connectivity index (χ1v) is 7.26. The molecule has 1 aromatic carbocycles. The van der Waals surface area contributed by atoms with Crippen molar-refractivity contribution in [2.24, 2.45) is 0 Å². The van der Waals surface area contributed by atoms with Crippen LogP contribution < -0.4 is 4.74 Å². The van der Waals surface area contributed by atoms with E-state index in [2.05, 4.69) is 11.1 Å². The Morgan fingerprint density at radius 2 is 2.10 bits per heavy atom. The highest BCUT2D eigenvalue weighted by molar-refractivity contribution is 7.15. The molecular formula is C15H13N3O2S. The smallest absolute Gasteiger partial charge is 0.244 e. The fourth-order valence-electron chi connectivity index (χ4n) is 2.31. The molecule has 0 aliphatic carbocycles. The summed E-state index contributed by atoms with van der Waals surface area (Å²) < 4.78 is 7.72. The number of aryl methyl sites for hydroxylation is 2. The quantitative estimate of drug-likeness (QED) is 0.806. The van der Waals surface area contributed by atoms with Crippen molar-refractivity contribution in [2.75, 3.05) is 0 Å². The SMILES string of the molecule is Cc1cc(C#N)cc(C)c1Oc1nc2sccn2c1CO. The number of nitrogens with zero attached hydrogens (tertiary/aromatic N) is 3. The lowest BCUT2D eigenvalue weighted by atomic mass is 10.1. The molecule has 2 heterocycles. The summed E-state index contributed by atoms with van der Waals surface area (Å²) in [6, 6.07) is 5.68. The maximum absolute atomic E-state index is 9.54. The van der Waals surface area contributed by atoms with Crippen LogP contribution >= 0.6 is 11.3 Å². The number of fused-ring (bicyclic) bond motifs is 1. The molecule has 3 aromatic rings.